The van der Waals surface area contributed by atoms with Crippen LogP contribution in [0.25, 0.3) is 0 Å². The molecule has 0 aliphatic rings. The van der Waals surface area contributed by atoms with Gasteiger partial charge in [-0.2, -0.15) is 5.26 Å². The molecule has 0 aromatic heterocycles. The highest BCUT2D eigenvalue weighted by atomic mass is 19.1. The first-order valence-electron chi connectivity index (χ1n) is 6.79. The van der Waals surface area contributed by atoms with Crippen molar-refractivity contribution < 1.29 is 18.5 Å². The fraction of sp³-hybridized carbons (Fsp3) is 0. The molecular weight excluding hydrogens is 334 g/mol. The Morgan fingerprint density at radius 1 is 1.20 bits per heavy atom. The van der Waals surface area contributed by atoms with Gasteiger partial charge in [-0.1, -0.05) is 12.1 Å². The van der Waals surface area contributed by atoms with Gasteiger partial charge in [0.1, 0.15) is 29.0 Å². The average molecular weight is 344 g/mol. The predicted octanol–water partition coefficient (Wildman–Crippen LogP) is 3.33. The lowest BCUT2D eigenvalue weighted by Gasteiger charge is -2.06. The Kier molecular flexibility index (Phi) is 5.37. The summed E-state index contributed by atoms with van der Waals surface area (Å²) in [5, 5.41) is 24.5. The number of nitro benzene ring substituents is 1. The van der Waals surface area contributed by atoms with E-state index in [4.69, 9.17) is 5.26 Å². The Labute approximate surface area is 140 Å². The highest BCUT2D eigenvalue weighted by Crippen LogP contribution is 2.23. The number of nitrogens with one attached hydrogen (secondary N) is 2. The smallest absolute Gasteiger partial charge is 0.292 e. The Hall–Kier alpha value is -3.80. The number of nitriles is 1. The fourth-order valence-corrected chi connectivity index (χ4v) is 1.83. The molecule has 1 amide bonds. The van der Waals surface area contributed by atoms with Crippen molar-refractivity contribution in [3.63, 3.8) is 0 Å². The Bertz CT molecular complexity index is 906. The van der Waals surface area contributed by atoms with Crippen LogP contribution in [0.5, 0.6) is 0 Å². The van der Waals surface area contributed by atoms with Crippen LogP contribution in [0.4, 0.5) is 25.8 Å². The van der Waals surface area contributed by atoms with Crippen molar-refractivity contribution in [2.45, 2.75) is 0 Å². The van der Waals surface area contributed by atoms with Crippen molar-refractivity contribution in [2.24, 2.45) is 0 Å². The minimum Gasteiger partial charge on any atom is -0.358 e. The highest BCUT2D eigenvalue weighted by molar-refractivity contribution is 6.07. The first kappa shape index (κ1) is 17.6. The zero-order chi connectivity index (χ0) is 18.4. The van der Waals surface area contributed by atoms with E-state index in [0.29, 0.717) is 0 Å². The summed E-state index contributed by atoms with van der Waals surface area (Å²) in [6, 6.07) is 9.59. The molecule has 2 rings (SSSR count). The van der Waals surface area contributed by atoms with Crippen molar-refractivity contribution in [1.29, 1.82) is 5.26 Å². The third-order valence-electron chi connectivity index (χ3n) is 3.01. The van der Waals surface area contributed by atoms with E-state index in [2.05, 4.69) is 10.6 Å². The zero-order valence-corrected chi connectivity index (χ0v) is 12.5. The molecule has 9 heteroatoms. The van der Waals surface area contributed by atoms with Crippen LogP contribution in [0.3, 0.4) is 0 Å². The van der Waals surface area contributed by atoms with Gasteiger partial charge < -0.3 is 10.6 Å². The molecular formula is C16H10F2N4O3. The molecule has 0 fully saturated rings. The molecule has 0 bridgehead atoms. The normalized spacial score (nSPS) is 10.7. The quantitative estimate of drug-likeness (QED) is 0.374. The molecule has 0 unspecified atom stereocenters. The molecule has 0 saturated heterocycles. The molecule has 0 spiro atoms. The van der Waals surface area contributed by atoms with E-state index >= 15 is 0 Å². The van der Waals surface area contributed by atoms with Crippen molar-refractivity contribution in [3.8, 4) is 6.07 Å². The average Bonchev–Trinajstić information content (AvgIpc) is 2.58. The standard InChI is InChI=1S/C16H10F2N4O3/c17-11-5-6-12(18)14(7-11)20-9-10(8-19)16(23)21-13-3-1-2-4-15(13)22(24)25/h1-7,9,20H,(H,21,23)/b10-9-. The minimum atomic E-state index is -0.943. The summed E-state index contributed by atoms with van der Waals surface area (Å²) < 4.78 is 26.6. The van der Waals surface area contributed by atoms with Gasteiger partial charge in [-0.05, 0) is 18.2 Å². The number of amides is 1. The van der Waals surface area contributed by atoms with Crippen LogP contribution in [0.15, 0.2) is 54.2 Å². The van der Waals surface area contributed by atoms with Gasteiger partial charge in [0.2, 0.25) is 0 Å². The number of nitrogens with zero attached hydrogens (tertiary/aromatic N) is 2. The third kappa shape index (κ3) is 4.35. The number of benzene rings is 2. The van der Waals surface area contributed by atoms with Crippen LogP contribution in [0, 0.1) is 33.1 Å². The van der Waals surface area contributed by atoms with Crippen LogP contribution in [0.1, 0.15) is 0 Å². The summed E-state index contributed by atoms with van der Waals surface area (Å²) in [4.78, 5) is 22.3. The summed E-state index contributed by atoms with van der Waals surface area (Å²) in [7, 11) is 0. The van der Waals surface area contributed by atoms with Crippen molar-refractivity contribution >= 4 is 23.0 Å². The van der Waals surface area contributed by atoms with Crippen molar-refractivity contribution in [1.82, 2.24) is 0 Å². The molecule has 0 aliphatic heterocycles. The summed E-state index contributed by atoms with van der Waals surface area (Å²) >= 11 is 0. The van der Waals surface area contributed by atoms with E-state index in [1.54, 1.807) is 6.07 Å². The molecule has 2 N–H and O–H groups in total. The predicted molar refractivity (Wildman–Crippen MR) is 85.4 cm³/mol. The Morgan fingerprint density at radius 2 is 1.92 bits per heavy atom. The van der Waals surface area contributed by atoms with Gasteiger partial charge in [0.25, 0.3) is 11.6 Å². The second-order valence-electron chi connectivity index (χ2n) is 4.67. The molecule has 0 saturated carbocycles. The number of rotatable bonds is 5. The molecule has 0 atom stereocenters. The van der Waals surface area contributed by atoms with E-state index < -0.39 is 28.0 Å². The van der Waals surface area contributed by atoms with Gasteiger partial charge in [-0.3, -0.25) is 14.9 Å². The zero-order valence-electron chi connectivity index (χ0n) is 12.5. The topological polar surface area (TPSA) is 108 Å². The van der Waals surface area contributed by atoms with Gasteiger partial charge >= 0.3 is 0 Å². The van der Waals surface area contributed by atoms with E-state index in [-0.39, 0.29) is 17.1 Å². The molecule has 0 heterocycles. The van der Waals surface area contributed by atoms with E-state index in [9.17, 15) is 23.7 Å². The number of carbonyl (C=O) groups is 1. The van der Waals surface area contributed by atoms with Crippen molar-refractivity contribution in [3.05, 3.63) is 76.0 Å². The number of hydrogen-bond acceptors (Lipinski definition) is 5. The maximum absolute atomic E-state index is 13.5. The molecule has 25 heavy (non-hydrogen) atoms. The maximum atomic E-state index is 13.5. The van der Waals surface area contributed by atoms with Crippen LogP contribution < -0.4 is 10.6 Å². The van der Waals surface area contributed by atoms with E-state index in [0.717, 1.165) is 24.4 Å². The van der Waals surface area contributed by atoms with E-state index in [1.807, 2.05) is 0 Å². The highest BCUT2D eigenvalue weighted by Gasteiger charge is 2.17. The van der Waals surface area contributed by atoms with E-state index in [1.165, 1.54) is 24.3 Å². The largest absolute Gasteiger partial charge is 0.358 e. The number of halogens is 2. The fourth-order valence-electron chi connectivity index (χ4n) is 1.83. The van der Waals surface area contributed by atoms with Gasteiger partial charge in [0, 0.05) is 18.3 Å². The third-order valence-corrected chi connectivity index (χ3v) is 3.01. The van der Waals surface area contributed by atoms with Crippen LogP contribution in [0.2, 0.25) is 0 Å². The number of para-hydroxylation sites is 2. The second kappa shape index (κ2) is 7.65. The lowest BCUT2D eigenvalue weighted by atomic mass is 10.2. The lowest BCUT2D eigenvalue weighted by molar-refractivity contribution is -0.383. The summed E-state index contributed by atoms with van der Waals surface area (Å²) in [5.41, 5.74) is -1.21. The van der Waals surface area contributed by atoms with Crippen LogP contribution >= 0.6 is 0 Å². The van der Waals surface area contributed by atoms with Gasteiger partial charge in [-0.25, -0.2) is 8.78 Å². The summed E-state index contributed by atoms with van der Waals surface area (Å²) in [6.45, 7) is 0. The SMILES string of the molecule is N#C/C(=C/Nc1cc(F)ccc1F)C(=O)Nc1ccccc1[N+](=O)[O-]. The number of anilines is 2. The first-order chi connectivity index (χ1) is 11.9. The maximum Gasteiger partial charge on any atom is 0.292 e. The monoisotopic (exact) mass is 344 g/mol. The Morgan fingerprint density at radius 3 is 2.60 bits per heavy atom. The molecule has 0 radical (unpaired) electrons. The second-order valence-corrected chi connectivity index (χ2v) is 4.67. The number of carbonyl (C=O) groups excluding carboxylic acids is 1. The van der Waals surface area contributed by atoms with Gasteiger partial charge in [0.15, 0.2) is 0 Å². The number of nitro groups is 1. The summed E-state index contributed by atoms with van der Waals surface area (Å²) in [5.74, 6) is -2.43. The summed E-state index contributed by atoms with van der Waals surface area (Å²) in [6.07, 6.45) is 0.877. The molecule has 0 aliphatic carbocycles. The lowest BCUT2D eigenvalue weighted by Crippen LogP contribution is -2.15. The van der Waals surface area contributed by atoms with Crippen LogP contribution in [-0.2, 0) is 4.79 Å². The minimum absolute atomic E-state index is 0.101. The van der Waals surface area contributed by atoms with Crippen molar-refractivity contribution in [2.75, 3.05) is 10.6 Å². The van der Waals surface area contributed by atoms with Crippen LogP contribution in [-0.4, -0.2) is 10.8 Å². The van der Waals surface area contributed by atoms with Gasteiger partial charge in [-0.15, -0.1) is 0 Å². The Balaban J connectivity index is 2.20. The number of hydrogen-bond donors (Lipinski definition) is 2. The molecule has 126 valence electrons. The van der Waals surface area contributed by atoms with Gasteiger partial charge in [0.05, 0.1) is 10.6 Å². The molecule has 7 nitrogen and oxygen atoms in total. The molecule has 2 aromatic rings. The molecule has 2 aromatic carbocycles. The first-order valence-corrected chi connectivity index (χ1v) is 6.79.